The van der Waals surface area contributed by atoms with Crippen LogP contribution in [-0.4, -0.2) is 40.4 Å². The van der Waals surface area contributed by atoms with Crippen molar-refractivity contribution in [2.45, 2.75) is 38.5 Å². The van der Waals surface area contributed by atoms with E-state index in [1.165, 1.54) is 50.3 Å². The molecule has 18 heavy (non-hydrogen) atoms. The van der Waals surface area contributed by atoms with Gasteiger partial charge in [0.05, 0.1) is 0 Å². The van der Waals surface area contributed by atoms with Crippen LogP contribution in [0.3, 0.4) is 0 Å². The first-order valence-corrected chi connectivity index (χ1v) is 7.88. The van der Waals surface area contributed by atoms with Gasteiger partial charge in [0.1, 0.15) is 5.82 Å². The number of piperidine rings is 1. The molecule has 1 saturated carbocycles. The predicted molar refractivity (Wildman–Crippen MR) is 75.2 cm³/mol. The molecule has 1 aromatic heterocycles. The van der Waals surface area contributed by atoms with Crippen molar-refractivity contribution in [1.82, 2.24) is 14.3 Å². The van der Waals surface area contributed by atoms with E-state index >= 15 is 0 Å². The van der Waals surface area contributed by atoms with E-state index in [-0.39, 0.29) is 0 Å². The Hall–Kier alpha value is -0.680. The topological polar surface area (TPSA) is 41.0 Å². The van der Waals surface area contributed by atoms with Crippen LogP contribution >= 0.6 is 11.5 Å². The maximum atomic E-state index is 4.54. The van der Waals surface area contributed by atoms with E-state index in [0.717, 1.165) is 30.0 Å². The molecule has 1 saturated heterocycles. The van der Waals surface area contributed by atoms with Crippen molar-refractivity contribution in [2.24, 2.45) is 5.92 Å². The lowest BCUT2D eigenvalue weighted by atomic mass is 9.99. The molecular weight excluding hydrogens is 244 g/mol. The third kappa shape index (κ3) is 3.20. The van der Waals surface area contributed by atoms with E-state index in [1.54, 1.807) is 0 Å². The molecule has 5 heteroatoms. The van der Waals surface area contributed by atoms with Crippen molar-refractivity contribution in [3.05, 3.63) is 5.82 Å². The molecular formula is C13H22N4S. The van der Waals surface area contributed by atoms with Gasteiger partial charge in [0, 0.05) is 30.5 Å². The lowest BCUT2D eigenvalue weighted by Gasteiger charge is -2.29. The molecule has 0 aromatic carbocycles. The van der Waals surface area contributed by atoms with Crippen molar-refractivity contribution in [3.8, 4) is 0 Å². The Morgan fingerprint density at radius 1 is 1.28 bits per heavy atom. The molecule has 0 radical (unpaired) electrons. The fourth-order valence-electron chi connectivity index (χ4n) is 2.42. The largest absolute Gasteiger partial charge is 0.359 e. The first kappa shape index (κ1) is 12.4. The Kier molecular flexibility index (Phi) is 3.80. The Morgan fingerprint density at radius 2 is 2.06 bits per heavy atom. The van der Waals surface area contributed by atoms with Gasteiger partial charge in [-0.2, -0.15) is 4.37 Å². The number of hydrogen-bond acceptors (Lipinski definition) is 5. The summed E-state index contributed by atoms with van der Waals surface area (Å²) in [5.74, 6) is 2.65. The Morgan fingerprint density at radius 3 is 2.78 bits per heavy atom. The lowest BCUT2D eigenvalue weighted by molar-refractivity contribution is 0.199. The van der Waals surface area contributed by atoms with Crippen molar-refractivity contribution in [3.63, 3.8) is 0 Å². The van der Waals surface area contributed by atoms with Crippen LogP contribution in [0.25, 0.3) is 0 Å². The van der Waals surface area contributed by atoms with Crippen LogP contribution in [0.4, 0.5) is 5.13 Å². The van der Waals surface area contributed by atoms with Crippen LogP contribution in [0.1, 0.15) is 44.3 Å². The summed E-state index contributed by atoms with van der Waals surface area (Å²) >= 11 is 1.51. The van der Waals surface area contributed by atoms with E-state index in [1.807, 2.05) is 0 Å². The molecule has 2 heterocycles. The van der Waals surface area contributed by atoms with Crippen molar-refractivity contribution >= 4 is 16.7 Å². The number of aromatic nitrogens is 2. The van der Waals surface area contributed by atoms with E-state index in [4.69, 9.17) is 0 Å². The zero-order valence-corrected chi connectivity index (χ0v) is 11.9. The van der Waals surface area contributed by atoms with Gasteiger partial charge in [-0.25, -0.2) is 4.98 Å². The summed E-state index contributed by atoms with van der Waals surface area (Å²) in [6.45, 7) is 6.99. The van der Waals surface area contributed by atoms with E-state index in [0.29, 0.717) is 5.92 Å². The van der Waals surface area contributed by atoms with E-state index in [2.05, 4.69) is 26.5 Å². The zero-order chi connectivity index (χ0) is 12.4. The first-order valence-electron chi connectivity index (χ1n) is 7.11. The molecule has 0 atom stereocenters. The molecule has 0 bridgehead atoms. The van der Waals surface area contributed by atoms with Crippen molar-refractivity contribution in [2.75, 3.05) is 31.5 Å². The van der Waals surface area contributed by atoms with Crippen LogP contribution in [0.15, 0.2) is 0 Å². The van der Waals surface area contributed by atoms with Gasteiger partial charge in [0.25, 0.3) is 0 Å². The molecule has 1 aliphatic heterocycles. The molecule has 2 fully saturated rings. The highest BCUT2D eigenvalue weighted by molar-refractivity contribution is 7.09. The van der Waals surface area contributed by atoms with E-state index < -0.39 is 0 Å². The summed E-state index contributed by atoms with van der Waals surface area (Å²) in [5, 5.41) is 4.41. The molecule has 0 spiro atoms. The fourth-order valence-corrected chi connectivity index (χ4v) is 3.09. The predicted octanol–water partition coefficient (Wildman–Crippen LogP) is 2.56. The number of nitrogens with zero attached hydrogens (tertiary/aromatic N) is 3. The van der Waals surface area contributed by atoms with Gasteiger partial charge in [-0.1, -0.05) is 6.92 Å². The van der Waals surface area contributed by atoms with Crippen LogP contribution in [0.5, 0.6) is 0 Å². The van der Waals surface area contributed by atoms with Gasteiger partial charge in [0.15, 0.2) is 0 Å². The molecule has 1 N–H and O–H groups in total. The summed E-state index contributed by atoms with van der Waals surface area (Å²) < 4.78 is 4.41. The summed E-state index contributed by atoms with van der Waals surface area (Å²) in [4.78, 5) is 7.10. The summed E-state index contributed by atoms with van der Waals surface area (Å²) in [7, 11) is 0. The highest BCUT2D eigenvalue weighted by Gasteiger charge is 2.27. The second kappa shape index (κ2) is 5.53. The van der Waals surface area contributed by atoms with Crippen LogP contribution < -0.4 is 5.32 Å². The SMILES string of the molecule is CC1CCN(CCNc2nc(C3CC3)ns2)CC1. The highest BCUT2D eigenvalue weighted by atomic mass is 32.1. The normalized spacial score (nSPS) is 22.3. The van der Waals surface area contributed by atoms with Gasteiger partial charge in [-0.3, -0.25) is 0 Å². The Balaban J connectivity index is 1.38. The number of hydrogen-bond donors (Lipinski definition) is 1. The number of likely N-dealkylation sites (tertiary alicyclic amines) is 1. The number of anilines is 1. The third-order valence-electron chi connectivity index (χ3n) is 3.96. The van der Waals surface area contributed by atoms with Gasteiger partial charge >= 0.3 is 0 Å². The molecule has 1 aliphatic carbocycles. The minimum atomic E-state index is 0.667. The summed E-state index contributed by atoms with van der Waals surface area (Å²) in [5.41, 5.74) is 0. The zero-order valence-electron chi connectivity index (χ0n) is 11.1. The van der Waals surface area contributed by atoms with Crippen LogP contribution in [0.2, 0.25) is 0 Å². The smallest absolute Gasteiger partial charge is 0.202 e. The van der Waals surface area contributed by atoms with Crippen LogP contribution in [0, 0.1) is 5.92 Å². The molecule has 100 valence electrons. The quantitative estimate of drug-likeness (QED) is 0.889. The van der Waals surface area contributed by atoms with Crippen molar-refractivity contribution in [1.29, 1.82) is 0 Å². The van der Waals surface area contributed by atoms with Gasteiger partial charge in [0.2, 0.25) is 5.13 Å². The van der Waals surface area contributed by atoms with Gasteiger partial charge in [-0.05, 0) is 44.7 Å². The summed E-state index contributed by atoms with van der Waals surface area (Å²) in [6, 6.07) is 0. The van der Waals surface area contributed by atoms with Crippen LogP contribution in [-0.2, 0) is 0 Å². The molecule has 2 aliphatic rings. The standard InChI is InChI=1S/C13H22N4S/c1-10-4-7-17(8-5-10)9-6-14-13-15-12(16-18-13)11-2-3-11/h10-11H,2-9H2,1H3,(H,14,15,16). The highest BCUT2D eigenvalue weighted by Crippen LogP contribution is 2.39. The minimum absolute atomic E-state index is 0.667. The molecule has 4 nitrogen and oxygen atoms in total. The first-order chi connectivity index (χ1) is 8.81. The second-order valence-corrected chi connectivity index (χ2v) is 6.43. The fraction of sp³-hybridized carbons (Fsp3) is 0.846. The number of nitrogens with one attached hydrogen (secondary N) is 1. The van der Waals surface area contributed by atoms with E-state index in [9.17, 15) is 0 Å². The second-order valence-electron chi connectivity index (χ2n) is 5.68. The Labute approximate surface area is 113 Å². The average molecular weight is 266 g/mol. The third-order valence-corrected chi connectivity index (χ3v) is 4.65. The van der Waals surface area contributed by atoms with Gasteiger partial charge < -0.3 is 10.2 Å². The number of rotatable bonds is 5. The monoisotopic (exact) mass is 266 g/mol. The Bertz CT molecular complexity index is 380. The molecule has 0 unspecified atom stereocenters. The minimum Gasteiger partial charge on any atom is -0.359 e. The molecule has 0 amide bonds. The molecule has 3 rings (SSSR count). The maximum Gasteiger partial charge on any atom is 0.202 e. The average Bonchev–Trinajstić information content (AvgIpc) is 3.12. The van der Waals surface area contributed by atoms with Gasteiger partial charge in [-0.15, -0.1) is 0 Å². The summed E-state index contributed by atoms with van der Waals surface area (Å²) in [6.07, 6.45) is 5.26. The van der Waals surface area contributed by atoms with Crippen molar-refractivity contribution < 1.29 is 0 Å². The lowest BCUT2D eigenvalue weighted by Crippen LogP contribution is -2.36. The maximum absolute atomic E-state index is 4.54. The molecule has 1 aromatic rings.